The lowest BCUT2D eigenvalue weighted by molar-refractivity contribution is -0.143. The van der Waals surface area contributed by atoms with Gasteiger partial charge in [-0.05, 0) is 46.1 Å². The number of nitrogens with one attached hydrogen (secondary N) is 2. The summed E-state index contributed by atoms with van der Waals surface area (Å²) in [5.41, 5.74) is -0.302. The molecule has 2 N–H and O–H groups in total. The second-order valence-corrected chi connectivity index (χ2v) is 6.30. The Kier molecular flexibility index (Phi) is 5.45. The van der Waals surface area contributed by atoms with Gasteiger partial charge in [-0.1, -0.05) is 0 Å². The number of rotatable bonds is 3. The standard InChI is InChI=1S/C15H27N3O3/c1-3-21-14(20)17-12-6-4-9-18(10-12)13(19)15(2)7-5-8-16-11-15/h12,16H,3-11H2,1-2H3,(H,17,20). The maximum Gasteiger partial charge on any atom is 0.407 e. The van der Waals surface area contributed by atoms with Gasteiger partial charge in [0.25, 0.3) is 0 Å². The molecule has 2 aliphatic heterocycles. The Hall–Kier alpha value is -1.30. The minimum Gasteiger partial charge on any atom is -0.450 e. The molecule has 0 aliphatic carbocycles. The topological polar surface area (TPSA) is 70.7 Å². The Labute approximate surface area is 126 Å². The van der Waals surface area contributed by atoms with Crippen LogP contribution in [-0.2, 0) is 9.53 Å². The lowest BCUT2D eigenvalue weighted by atomic mass is 9.81. The van der Waals surface area contributed by atoms with E-state index in [1.165, 1.54) is 0 Å². The molecule has 2 unspecified atom stereocenters. The number of amides is 2. The van der Waals surface area contributed by atoms with Crippen molar-refractivity contribution in [2.75, 3.05) is 32.8 Å². The molecule has 2 heterocycles. The summed E-state index contributed by atoms with van der Waals surface area (Å²) in [6.07, 6.45) is 3.41. The Morgan fingerprint density at radius 3 is 2.90 bits per heavy atom. The van der Waals surface area contributed by atoms with Crippen LogP contribution in [0.15, 0.2) is 0 Å². The van der Waals surface area contributed by atoms with Crippen molar-refractivity contribution < 1.29 is 14.3 Å². The molecule has 0 aromatic heterocycles. The molecular weight excluding hydrogens is 270 g/mol. The van der Waals surface area contributed by atoms with E-state index in [2.05, 4.69) is 10.6 Å². The van der Waals surface area contributed by atoms with E-state index in [0.717, 1.165) is 45.3 Å². The van der Waals surface area contributed by atoms with Gasteiger partial charge in [0, 0.05) is 25.7 Å². The summed E-state index contributed by atoms with van der Waals surface area (Å²) in [6.45, 7) is 7.32. The molecule has 0 spiro atoms. The van der Waals surface area contributed by atoms with Crippen LogP contribution in [0.25, 0.3) is 0 Å². The van der Waals surface area contributed by atoms with Gasteiger partial charge in [0.15, 0.2) is 0 Å². The van der Waals surface area contributed by atoms with Crippen molar-refractivity contribution in [2.24, 2.45) is 5.41 Å². The fourth-order valence-corrected chi connectivity index (χ4v) is 3.24. The molecule has 120 valence electrons. The van der Waals surface area contributed by atoms with E-state index in [1.54, 1.807) is 6.92 Å². The Morgan fingerprint density at radius 1 is 1.43 bits per heavy atom. The number of hydrogen-bond donors (Lipinski definition) is 2. The molecule has 2 saturated heterocycles. The van der Waals surface area contributed by atoms with Crippen LogP contribution in [-0.4, -0.2) is 55.7 Å². The summed E-state index contributed by atoms with van der Waals surface area (Å²) in [7, 11) is 0. The molecule has 0 radical (unpaired) electrons. The minimum atomic E-state index is -0.387. The predicted octanol–water partition coefficient (Wildman–Crippen LogP) is 1.11. The number of carbonyl (C=O) groups excluding carboxylic acids is 2. The third-order valence-corrected chi connectivity index (χ3v) is 4.42. The number of likely N-dealkylation sites (tertiary alicyclic amines) is 1. The molecular formula is C15H27N3O3. The van der Waals surface area contributed by atoms with Gasteiger partial charge in [0.1, 0.15) is 0 Å². The van der Waals surface area contributed by atoms with Crippen molar-refractivity contribution in [2.45, 2.75) is 45.6 Å². The van der Waals surface area contributed by atoms with Gasteiger partial charge in [-0.25, -0.2) is 4.79 Å². The number of piperidine rings is 2. The highest BCUT2D eigenvalue weighted by atomic mass is 16.5. The van der Waals surface area contributed by atoms with E-state index in [1.807, 2.05) is 11.8 Å². The van der Waals surface area contributed by atoms with Crippen LogP contribution < -0.4 is 10.6 Å². The smallest absolute Gasteiger partial charge is 0.407 e. The zero-order valence-corrected chi connectivity index (χ0v) is 13.1. The fourth-order valence-electron chi connectivity index (χ4n) is 3.24. The molecule has 2 amide bonds. The molecule has 6 heteroatoms. The normalized spacial score (nSPS) is 29.8. The van der Waals surface area contributed by atoms with Crippen molar-refractivity contribution in [1.82, 2.24) is 15.5 Å². The van der Waals surface area contributed by atoms with Crippen molar-refractivity contribution in [3.05, 3.63) is 0 Å². The Bertz CT molecular complexity index is 380. The summed E-state index contributed by atoms with van der Waals surface area (Å²) in [5.74, 6) is 0.213. The molecule has 0 aromatic rings. The SMILES string of the molecule is CCOC(=O)NC1CCCN(C(=O)C2(C)CCCNC2)C1. The number of alkyl carbamates (subject to hydrolysis) is 1. The van der Waals surface area contributed by atoms with E-state index >= 15 is 0 Å². The average molecular weight is 297 g/mol. The van der Waals surface area contributed by atoms with Crippen LogP contribution >= 0.6 is 0 Å². The summed E-state index contributed by atoms with van der Waals surface area (Å²) >= 11 is 0. The maximum absolute atomic E-state index is 12.8. The third kappa shape index (κ3) is 4.09. The van der Waals surface area contributed by atoms with Crippen molar-refractivity contribution >= 4 is 12.0 Å². The molecule has 6 nitrogen and oxygen atoms in total. The predicted molar refractivity (Wildman–Crippen MR) is 80.0 cm³/mol. The average Bonchev–Trinajstić information content (AvgIpc) is 2.47. The zero-order chi connectivity index (χ0) is 15.3. The second-order valence-electron chi connectivity index (χ2n) is 6.30. The lowest BCUT2D eigenvalue weighted by Crippen LogP contribution is -2.55. The first kappa shape index (κ1) is 16.1. The van der Waals surface area contributed by atoms with Gasteiger partial charge in [-0.15, -0.1) is 0 Å². The number of ether oxygens (including phenoxy) is 1. The molecule has 0 bridgehead atoms. The monoisotopic (exact) mass is 297 g/mol. The maximum atomic E-state index is 12.8. The Morgan fingerprint density at radius 2 is 2.24 bits per heavy atom. The highest BCUT2D eigenvalue weighted by Crippen LogP contribution is 2.29. The molecule has 2 aliphatic rings. The van der Waals surface area contributed by atoms with Gasteiger partial charge < -0.3 is 20.3 Å². The van der Waals surface area contributed by atoms with E-state index in [-0.39, 0.29) is 23.5 Å². The van der Waals surface area contributed by atoms with Crippen LogP contribution in [0.2, 0.25) is 0 Å². The molecule has 2 rings (SSSR count). The quantitative estimate of drug-likeness (QED) is 0.819. The summed E-state index contributed by atoms with van der Waals surface area (Å²) in [4.78, 5) is 26.2. The van der Waals surface area contributed by atoms with Crippen LogP contribution in [0.1, 0.15) is 39.5 Å². The van der Waals surface area contributed by atoms with E-state index in [9.17, 15) is 9.59 Å². The van der Waals surface area contributed by atoms with Crippen molar-refractivity contribution in [3.63, 3.8) is 0 Å². The van der Waals surface area contributed by atoms with Crippen LogP contribution in [0.4, 0.5) is 4.79 Å². The van der Waals surface area contributed by atoms with E-state index < -0.39 is 0 Å². The van der Waals surface area contributed by atoms with Gasteiger partial charge in [-0.3, -0.25) is 4.79 Å². The van der Waals surface area contributed by atoms with Crippen molar-refractivity contribution in [3.8, 4) is 0 Å². The minimum absolute atomic E-state index is 0.00176. The highest BCUT2D eigenvalue weighted by molar-refractivity contribution is 5.83. The largest absolute Gasteiger partial charge is 0.450 e. The van der Waals surface area contributed by atoms with Gasteiger partial charge in [0.2, 0.25) is 5.91 Å². The summed E-state index contributed by atoms with van der Waals surface area (Å²) in [5, 5.41) is 6.17. The van der Waals surface area contributed by atoms with Crippen molar-refractivity contribution in [1.29, 1.82) is 0 Å². The van der Waals surface area contributed by atoms with Gasteiger partial charge >= 0.3 is 6.09 Å². The number of hydrogen-bond acceptors (Lipinski definition) is 4. The first-order chi connectivity index (χ1) is 10.0. The number of nitrogens with zero attached hydrogens (tertiary/aromatic N) is 1. The van der Waals surface area contributed by atoms with E-state index in [4.69, 9.17) is 4.74 Å². The molecule has 0 saturated carbocycles. The summed E-state index contributed by atoms with van der Waals surface area (Å²) < 4.78 is 4.91. The van der Waals surface area contributed by atoms with Crippen LogP contribution in [0, 0.1) is 5.41 Å². The highest BCUT2D eigenvalue weighted by Gasteiger charge is 2.39. The zero-order valence-electron chi connectivity index (χ0n) is 13.1. The Balaban J connectivity index is 1.90. The van der Waals surface area contributed by atoms with Gasteiger partial charge in [0.05, 0.1) is 12.0 Å². The lowest BCUT2D eigenvalue weighted by Gasteiger charge is -2.40. The molecule has 0 aromatic carbocycles. The van der Waals surface area contributed by atoms with Crippen LogP contribution in [0.5, 0.6) is 0 Å². The third-order valence-electron chi connectivity index (χ3n) is 4.42. The first-order valence-electron chi connectivity index (χ1n) is 7.98. The first-order valence-corrected chi connectivity index (χ1v) is 7.98. The molecule has 21 heavy (non-hydrogen) atoms. The van der Waals surface area contributed by atoms with Gasteiger partial charge in [-0.2, -0.15) is 0 Å². The fraction of sp³-hybridized carbons (Fsp3) is 0.867. The number of carbonyl (C=O) groups is 2. The van der Waals surface area contributed by atoms with Crippen LogP contribution in [0.3, 0.4) is 0 Å². The van der Waals surface area contributed by atoms with E-state index in [0.29, 0.717) is 13.2 Å². The second kappa shape index (κ2) is 7.11. The summed E-state index contributed by atoms with van der Waals surface area (Å²) in [6, 6.07) is 0.00176. The molecule has 2 fully saturated rings. The molecule has 2 atom stereocenters.